The number of hydrogen-bond donors (Lipinski definition) is 2. The molecular weight excluding hydrogens is 361 g/mol. The van der Waals surface area contributed by atoms with E-state index in [9.17, 15) is 4.79 Å². The minimum atomic E-state index is -0.426. The van der Waals surface area contributed by atoms with Crippen molar-refractivity contribution in [2.75, 3.05) is 11.1 Å². The van der Waals surface area contributed by atoms with E-state index in [1.807, 2.05) is 24.3 Å². The Morgan fingerprint density at radius 3 is 2.52 bits per heavy atom. The van der Waals surface area contributed by atoms with Gasteiger partial charge in [0.15, 0.2) is 0 Å². The zero-order valence-corrected chi connectivity index (χ0v) is 14.2. The van der Waals surface area contributed by atoms with Crippen molar-refractivity contribution in [2.24, 2.45) is 0 Å². The third-order valence-corrected chi connectivity index (χ3v) is 4.47. The van der Waals surface area contributed by atoms with E-state index in [0.29, 0.717) is 27.8 Å². The summed E-state index contributed by atoms with van der Waals surface area (Å²) in [5.74, 6) is -0.426. The fraction of sp³-hybridized carbons (Fsp3) is 0. The predicted octanol–water partition coefficient (Wildman–Crippen LogP) is 5.12. The van der Waals surface area contributed by atoms with Gasteiger partial charge in [0.2, 0.25) is 0 Å². The first kappa shape index (κ1) is 15.7. The molecule has 4 rings (SSSR count). The maximum Gasteiger partial charge on any atom is 0.258 e. The second kappa shape index (κ2) is 5.95. The monoisotopic (exact) mass is 371 g/mol. The maximum absolute atomic E-state index is 12.9. The van der Waals surface area contributed by atoms with E-state index in [1.165, 1.54) is 12.4 Å². The number of hydrogen-bond acceptors (Lipinski definition) is 4. The van der Waals surface area contributed by atoms with Gasteiger partial charge in [0.05, 0.1) is 21.3 Å². The van der Waals surface area contributed by atoms with Crippen LogP contribution in [0.15, 0.2) is 53.2 Å². The quantitative estimate of drug-likeness (QED) is 0.479. The summed E-state index contributed by atoms with van der Waals surface area (Å²) in [6.07, 6.45) is 2.81. The van der Waals surface area contributed by atoms with Gasteiger partial charge in [-0.05, 0) is 18.2 Å². The number of nitrogens with zero attached hydrogens (tertiary/aromatic N) is 1. The lowest BCUT2D eigenvalue weighted by Gasteiger charge is -2.11. The van der Waals surface area contributed by atoms with Crippen LogP contribution in [0.5, 0.6) is 0 Å². The van der Waals surface area contributed by atoms with Gasteiger partial charge in [0.25, 0.3) is 5.91 Å². The highest BCUT2D eigenvalue weighted by molar-refractivity contribution is 6.40. The fourth-order valence-corrected chi connectivity index (χ4v) is 3.24. The number of carbonyl (C=O) groups excluding carboxylic acids is 1. The first-order chi connectivity index (χ1) is 12.1. The molecule has 7 heteroatoms. The van der Waals surface area contributed by atoms with E-state index in [0.717, 1.165) is 5.39 Å². The predicted molar refractivity (Wildman–Crippen MR) is 100 cm³/mol. The topological polar surface area (TPSA) is 81.1 Å². The molecule has 4 aromatic rings. The van der Waals surface area contributed by atoms with Crippen LogP contribution in [0.2, 0.25) is 10.0 Å². The van der Waals surface area contributed by atoms with Gasteiger partial charge in [-0.15, -0.1) is 0 Å². The molecule has 0 radical (unpaired) electrons. The number of rotatable bonds is 2. The molecule has 0 aliphatic rings. The van der Waals surface area contributed by atoms with E-state index >= 15 is 0 Å². The molecule has 2 aromatic carbocycles. The van der Waals surface area contributed by atoms with Crippen LogP contribution in [0.1, 0.15) is 10.4 Å². The van der Waals surface area contributed by atoms with Crippen molar-refractivity contribution in [3.05, 3.63) is 64.4 Å². The molecule has 124 valence electrons. The third-order valence-electron chi connectivity index (χ3n) is 3.89. The van der Waals surface area contributed by atoms with Crippen molar-refractivity contribution in [1.29, 1.82) is 0 Å². The summed E-state index contributed by atoms with van der Waals surface area (Å²) in [6.45, 7) is 0. The molecule has 0 aliphatic carbocycles. The number of furan rings is 1. The van der Waals surface area contributed by atoms with Crippen molar-refractivity contribution < 1.29 is 9.21 Å². The van der Waals surface area contributed by atoms with Gasteiger partial charge in [0, 0.05) is 28.9 Å². The van der Waals surface area contributed by atoms with Crippen LogP contribution in [0, 0.1) is 0 Å². The number of anilines is 2. The van der Waals surface area contributed by atoms with E-state index < -0.39 is 5.91 Å². The summed E-state index contributed by atoms with van der Waals surface area (Å²) in [5, 5.41) is 4.65. The van der Waals surface area contributed by atoms with Crippen LogP contribution in [0.25, 0.3) is 21.9 Å². The Hall–Kier alpha value is -2.76. The molecule has 0 fully saturated rings. The van der Waals surface area contributed by atoms with Crippen LogP contribution in [0.3, 0.4) is 0 Å². The molecule has 2 heterocycles. The van der Waals surface area contributed by atoms with Crippen molar-refractivity contribution in [2.45, 2.75) is 0 Å². The number of fused-ring (bicyclic) bond motifs is 3. The lowest BCUT2D eigenvalue weighted by Crippen LogP contribution is -2.15. The number of nitrogens with two attached hydrogens (primary N) is 1. The summed E-state index contributed by atoms with van der Waals surface area (Å²) in [7, 11) is 0. The van der Waals surface area contributed by atoms with E-state index in [-0.39, 0.29) is 15.7 Å². The average Bonchev–Trinajstić information content (AvgIpc) is 2.97. The molecule has 0 aliphatic heterocycles. The smallest absolute Gasteiger partial charge is 0.258 e. The van der Waals surface area contributed by atoms with E-state index in [2.05, 4.69) is 10.3 Å². The molecule has 0 bridgehead atoms. The Balaban J connectivity index is 1.91. The number of pyridine rings is 1. The van der Waals surface area contributed by atoms with Crippen LogP contribution in [-0.2, 0) is 0 Å². The molecule has 0 unspecified atom stereocenters. The number of para-hydroxylation sites is 1. The summed E-state index contributed by atoms with van der Waals surface area (Å²) in [4.78, 5) is 16.8. The molecular formula is C18H11Cl2N3O2. The van der Waals surface area contributed by atoms with Gasteiger partial charge in [-0.3, -0.25) is 9.78 Å². The number of carbonyl (C=O) groups is 1. The molecule has 0 saturated carbocycles. The minimum Gasteiger partial charge on any atom is -0.456 e. The largest absolute Gasteiger partial charge is 0.456 e. The number of nitrogen functional groups attached to an aromatic ring is 1. The summed E-state index contributed by atoms with van der Waals surface area (Å²) in [6, 6.07) is 10.8. The molecule has 0 saturated heterocycles. The number of amides is 1. The van der Waals surface area contributed by atoms with Crippen molar-refractivity contribution in [3.63, 3.8) is 0 Å². The van der Waals surface area contributed by atoms with Crippen LogP contribution in [-0.4, -0.2) is 10.9 Å². The maximum atomic E-state index is 12.9. The van der Waals surface area contributed by atoms with Gasteiger partial charge >= 0.3 is 0 Å². The molecule has 1 amide bonds. The Morgan fingerprint density at radius 1 is 1.04 bits per heavy atom. The van der Waals surface area contributed by atoms with E-state index in [4.69, 9.17) is 33.4 Å². The molecule has 5 nitrogen and oxygen atoms in total. The number of benzene rings is 2. The average molecular weight is 372 g/mol. The Bertz CT molecular complexity index is 1120. The Kier molecular flexibility index (Phi) is 3.75. The number of nitrogens with one attached hydrogen (secondary N) is 1. The van der Waals surface area contributed by atoms with Crippen LogP contribution < -0.4 is 11.1 Å². The molecule has 0 spiro atoms. The van der Waals surface area contributed by atoms with Crippen molar-refractivity contribution in [3.8, 4) is 0 Å². The normalized spacial score (nSPS) is 11.1. The summed E-state index contributed by atoms with van der Waals surface area (Å²) >= 11 is 12.2. The third kappa shape index (κ3) is 2.58. The minimum absolute atomic E-state index is 0.239. The van der Waals surface area contributed by atoms with Gasteiger partial charge in [-0.2, -0.15) is 0 Å². The van der Waals surface area contributed by atoms with Crippen molar-refractivity contribution >= 4 is 62.4 Å². The second-order valence-corrected chi connectivity index (χ2v) is 6.25. The standard InChI is InChI=1S/C18H11Cl2N3O2/c19-10-7-22-8-11(20)17(10)23-18(24)16-12(21)5-6-14-15(16)9-3-1-2-4-13(9)25-14/h1-8H,21H2,(H,22,23,24). The van der Waals surface area contributed by atoms with Crippen molar-refractivity contribution in [1.82, 2.24) is 4.98 Å². The van der Waals surface area contributed by atoms with Gasteiger partial charge in [-0.1, -0.05) is 41.4 Å². The molecule has 25 heavy (non-hydrogen) atoms. The highest BCUT2D eigenvalue weighted by atomic mass is 35.5. The SMILES string of the molecule is Nc1ccc2oc3ccccc3c2c1C(=O)Nc1c(Cl)cncc1Cl. The number of aromatic nitrogens is 1. The lowest BCUT2D eigenvalue weighted by molar-refractivity contribution is 0.102. The van der Waals surface area contributed by atoms with E-state index in [1.54, 1.807) is 12.1 Å². The highest BCUT2D eigenvalue weighted by Gasteiger charge is 2.20. The lowest BCUT2D eigenvalue weighted by atomic mass is 10.0. The highest BCUT2D eigenvalue weighted by Crippen LogP contribution is 2.35. The molecule has 2 aromatic heterocycles. The number of halogens is 2. The van der Waals surface area contributed by atoms with Gasteiger partial charge in [-0.25, -0.2) is 0 Å². The summed E-state index contributed by atoms with van der Waals surface area (Å²) < 4.78 is 5.80. The van der Waals surface area contributed by atoms with Crippen LogP contribution >= 0.6 is 23.2 Å². The van der Waals surface area contributed by atoms with Gasteiger partial charge < -0.3 is 15.5 Å². The zero-order valence-electron chi connectivity index (χ0n) is 12.7. The molecule has 3 N–H and O–H groups in total. The first-order valence-corrected chi connectivity index (χ1v) is 8.12. The second-order valence-electron chi connectivity index (χ2n) is 5.43. The Morgan fingerprint density at radius 2 is 1.76 bits per heavy atom. The van der Waals surface area contributed by atoms with Gasteiger partial charge in [0.1, 0.15) is 11.2 Å². The van der Waals surface area contributed by atoms with Crippen LogP contribution in [0.4, 0.5) is 11.4 Å². The fourth-order valence-electron chi connectivity index (χ4n) is 2.78. The summed E-state index contributed by atoms with van der Waals surface area (Å²) in [5.41, 5.74) is 8.27. The Labute approximate surface area is 152 Å². The molecule has 0 atom stereocenters. The first-order valence-electron chi connectivity index (χ1n) is 7.36. The zero-order chi connectivity index (χ0) is 17.6.